The maximum atomic E-state index is 13.6. The highest BCUT2D eigenvalue weighted by atomic mass is 32.1. The average molecular weight is 278 g/mol. The van der Waals surface area contributed by atoms with Crippen LogP contribution in [0.4, 0.5) is 26.2 Å². The SMILES string of the molecule is Nc1nc(Nc2cccc(F)c2F)c2ccsc2n1. The van der Waals surface area contributed by atoms with Gasteiger partial charge in [-0.2, -0.15) is 4.98 Å². The van der Waals surface area contributed by atoms with E-state index in [0.29, 0.717) is 16.0 Å². The highest BCUT2D eigenvalue weighted by Gasteiger charge is 2.12. The second-order valence-corrected chi connectivity index (χ2v) is 4.69. The van der Waals surface area contributed by atoms with Crippen LogP contribution in [0.3, 0.4) is 0 Å². The molecule has 0 aliphatic heterocycles. The summed E-state index contributed by atoms with van der Waals surface area (Å²) in [6.45, 7) is 0. The van der Waals surface area contributed by atoms with Gasteiger partial charge in [0.25, 0.3) is 0 Å². The summed E-state index contributed by atoms with van der Waals surface area (Å²) < 4.78 is 26.7. The molecular weight excluding hydrogens is 270 g/mol. The van der Waals surface area contributed by atoms with Gasteiger partial charge in [-0.25, -0.2) is 13.8 Å². The molecule has 96 valence electrons. The predicted molar refractivity (Wildman–Crippen MR) is 71.5 cm³/mol. The molecule has 0 amide bonds. The standard InChI is InChI=1S/C12H8F2N4S/c13-7-2-1-3-8(9(7)14)16-10-6-4-5-19-11(6)18-12(15)17-10/h1-5H,(H3,15,16,17,18). The molecule has 4 nitrogen and oxygen atoms in total. The summed E-state index contributed by atoms with van der Waals surface area (Å²) in [7, 11) is 0. The van der Waals surface area contributed by atoms with Crippen molar-refractivity contribution in [2.24, 2.45) is 0 Å². The lowest BCUT2D eigenvalue weighted by atomic mass is 10.3. The number of hydrogen-bond donors (Lipinski definition) is 2. The van der Waals surface area contributed by atoms with E-state index in [1.807, 2.05) is 5.38 Å². The number of nitrogens with two attached hydrogens (primary N) is 1. The first kappa shape index (κ1) is 11.8. The van der Waals surface area contributed by atoms with Crippen LogP contribution in [0, 0.1) is 11.6 Å². The minimum absolute atomic E-state index is 0.00519. The third-order valence-corrected chi connectivity index (χ3v) is 3.35. The molecule has 0 spiro atoms. The molecule has 3 aromatic rings. The molecule has 2 aromatic heterocycles. The number of hydrogen-bond acceptors (Lipinski definition) is 5. The Morgan fingerprint density at radius 3 is 2.84 bits per heavy atom. The van der Waals surface area contributed by atoms with Crippen LogP contribution in [-0.4, -0.2) is 9.97 Å². The summed E-state index contributed by atoms with van der Waals surface area (Å²) in [5.41, 5.74) is 5.59. The van der Waals surface area contributed by atoms with Gasteiger partial charge in [0.1, 0.15) is 10.6 Å². The van der Waals surface area contributed by atoms with Crippen LogP contribution in [-0.2, 0) is 0 Å². The number of halogens is 2. The highest BCUT2D eigenvalue weighted by Crippen LogP contribution is 2.29. The van der Waals surface area contributed by atoms with Crippen molar-refractivity contribution in [3.05, 3.63) is 41.3 Å². The van der Waals surface area contributed by atoms with E-state index in [0.717, 1.165) is 6.07 Å². The smallest absolute Gasteiger partial charge is 0.223 e. The summed E-state index contributed by atoms with van der Waals surface area (Å²) in [5, 5.41) is 5.28. The van der Waals surface area contributed by atoms with Crippen molar-refractivity contribution in [2.45, 2.75) is 0 Å². The Balaban J connectivity index is 2.10. The van der Waals surface area contributed by atoms with Gasteiger partial charge in [-0.15, -0.1) is 11.3 Å². The Bertz CT molecular complexity index is 757. The second-order valence-electron chi connectivity index (χ2n) is 3.80. The molecule has 0 aliphatic rings. The zero-order valence-electron chi connectivity index (χ0n) is 9.52. The third-order valence-electron chi connectivity index (χ3n) is 2.55. The first-order valence-corrected chi connectivity index (χ1v) is 6.25. The van der Waals surface area contributed by atoms with Gasteiger partial charge in [0.15, 0.2) is 11.6 Å². The molecule has 3 N–H and O–H groups in total. The van der Waals surface area contributed by atoms with Crippen molar-refractivity contribution in [3.63, 3.8) is 0 Å². The van der Waals surface area contributed by atoms with E-state index < -0.39 is 11.6 Å². The van der Waals surface area contributed by atoms with Gasteiger partial charge in [-0.3, -0.25) is 0 Å². The number of nitrogen functional groups attached to an aromatic ring is 1. The number of nitrogens with one attached hydrogen (secondary N) is 1. The van der Waals surface area contributed by atoms with Crippen molar-refractivity contribution in [2.75, 3.05) is 11.1 Å². The molecule has 0 fully saturated rings. The normalized spacial score (nSPS) is 10.8. The quantitative estimate of drug-likeness (QED) is 0.755. The van der Waals surface area contributed by atoms with E-state index >= 15 is 0 Å². The van der Waals surface area contributed by atoms with Crippen LogP contribution in [0.2, 0.25) is 0 Å². The zero-order valence-corrected chi connectivity index (χ0v) is 10.3. The Kier molecular flexibility index (Phi) is 2.75. The fourth-order valence-corrected chi connectivity index (χ4v) is 2.47. The van der Waals surface area contributed by atoms with Crippen LogP contribution in [0.15, 0.2) is 29.6 Å². The van der Waals surface area contributed by atoms with Gasteiger partial charge in [0.2, 0.25) is 5.95 Å². The molecule has 0 saturated carbocycles. The molecule has 7 heteroatoms. The van der Waals surface area contributed by atoms with E-state index in [-0.39, 0.29) is 11.6 Å². The summed E-state index contributed by atoms with van der Waals surface area (Å²) in [6.07, 6.45) is 0. The van der Waals surface area contributed by atoms with Crippen molar-refractivity contribution >= 4 is 39.0 Å². The Hall–Kier alpha value is -2.28. The van der Waals surface area contributed by atoms with E-state index in [2.05, 4.69) is 15.3 Å². The van der Waals surface area contributed by atoms with E-state index in [9.17, 15) is 8.78 Å². The Labute approximate surface area is 110 Å². The maximum absolute atomic E-state index is 13.6. The molecule has 19 heavy (non-hydrogen) atoms. The molecule has 0 aliphatic carbocycles. The third kappa shape index (κ3) is 2.08. The minimum Gasteiger partial charge on any atom is -0.368 e. The molecule has 0 radical (unpaired) electrons. The molecular formula is C12H8F2N4S. The molecule has 0 bridgehead atoms. The summed E-state index contributed by atoms with van der Waals surface area (Å²) in [6, 6.07) is 5.68. The first-order valence-electron chi connectivity index (χ1n) is 5.37. The van der Waals surface area contributed by atoms with Gasteiger partial charge in [0.05, 0.1) is 11.1 Å². The summed E-state index contributed by atoms with van der Waals surface area (Å²) >= 11 is 1.39. The van der Waals surface area contributed by atoms with Crippen molar-refractivity contribution in [1.29, 1.82) is 0 Å². The Morgan fingerprint density at radius 1 is 1.16 bits per heavy atom. The summed E-state index contributed by atoms with van der Waals surface area (Å²) in [4.78, 5) is 8.75. The maximum Gasteiger partial charge on any atom is 0.223 e. The number of anilines is 3. The van der Waals surface area contributed by atoms with Crippen LogP contribution in [0.25, 0.3) is 10.2 Å². The highest BCUT2D eigenvalue weighted by molar-refractivity contribution is 7.16. The van der Waals surface area contributed by atoms with E-state index in [1.54, 1.807) is 6.07 Å². The van der Waals surface area contributed by atoms with Gasteiger partial charge in [-0.05, 0) is 23.6 Å². The molecule has 0 saturated heterocycles. The van der Waals surface area contributed by atoms with Gasteiger partial charge in [0, 0.05) is 0 Å². The van der Waals surface area contributed by atoms with Crippen LogP contribution in [0.5, 0.6) is 0 Å². The van der Waals surface area contributed by atoms with Gasteiger partial charge < -0.3 is 11.1 Å². The van der Waals surface area contributed by atoms with Crippen LogP contribution >= 0.6 is 11.3 Å². The number of fused-ring (bicyclic) bond motifs is 1. The molecule has 0 atom stereocenters. The van der Waals surface area contributed by atoms with Gasteiger partial charge in [-0.1, -0.05) is 6.07 Å². The lowest BCUT2D eigenvalue weighted by Gasteiger charge is -2.08. The average Bonchev–Trinajstić information content (AvgIpc) is 2.83. The number of benzene rings is 1. The van der Waals surface area contributed by atoms with Crippen molar-refractivity contribution < 1.29 is 8.78 Å². The van der Waals surface area contributed by atoms with E-state index in [1.165, 1.54) is 23.5 Å². The molecule has 3 rings (SSSR count). The van der Waals surface area contributed by atoms with Crippen LogP contribution in [0.1, 0.15) is 0 Å². The van der Waals surface area contributed by atoms with Gasteiger partial charge >= 0.3 is 0 Å². The molecule has 1 aromatic carbocycles. The first-order chi connectivity index (χ1) is 9.15. The lowest BCUT2D eigenvalue weighted by molar-refractivity contribution is 0.512. The molecule has 2 heterocycles. The topological polar surface area (TPSA) is 63.8 Å². The number of nitrogens with zero attached hydrogens (tertiary/aromatic N) is 2. The summed E-state index contributed by atoms with van der Waals surface area (Å²) in [5.74, 6) is -1.45. The zero-order chi connectivity index (χ0) is 13.4. The van der Waals surface area contributed by atoms with Crippen LogP contribution < -0.4 is 11.1 Å². The fraction of sp³-hybridized carbons (Fsp3) is 0. The molecule has 0 unspecified atom stereocenters. The van der Waals surface area contributed by atoms with E-state index in [4.69, 9.17) is 5.73 Å². The fourth-order valence-electron chi connectivity index (χ4n) is 1.70. The lowest BCUT2D eigenvalue weighted by Crippen LogP contribution is -2.02. The minimum atomic E-state index is -0.955. The number of rotatable bonds is 2. The van der Waals surface area contributed by atoms with Crippen molar-refractivity contribution in [1.82, 2.24) is 9.97 Å². The van der Waals surface area contributed by atoms with Crippen molar-refractivity contribution in [3.8, 4) is 0 Å². The number of thiophene rings is 1. The largest absolute Gasteiger partial charge is 0.368 e. The Morgan fingerprint density at radius 2 is 2.00 bits per heavy atom. The number of aromatic nitrogens is 2. The second kappa shape index (κ2) is 4.43. The monoisotopic (exact) mass is 278 g/mol. The predicted octanol–water partition coefficient (Wildman–Crippen LogP) is 3.30.